The van der Waals surface area contributed by atoms with E-state index in [9.17, 15) is 18.0 Å². The fraction of sp³-hybridized carbons (Fsp3) is 0.370. The minimum atomic E-state index is -4.53. The van der Waals surface area contributed by atoms with Gasteiger partial charge in [0, 0.05) is 41.6 Å². The van der Waals surface area contributed by atoms with E-state index in [1.54, 1.807) is 30.4 Å². The number of aromatic nitrogens is 1. The lowest BCUT2D eigenvalue weighted by molar-refractivity contribution is -0.138. The third-order valence-electron chi connectivity index (χ3n) is 5.57. The van der Waals surface area contributed by atoms with Crippen molar-refractivity contribution in [2.45, 2.75) is 39.9 Å². The molecule has 1 heterocycles. The number of nitrogens with zero attached hydrogens (tertiary/aromatic N) is 2. The summed E-state index contributed by atoms with van der Waals surface area (Å²) in [6, 6.07) is 8.64. The van der Waals surface area contributed by atoms with Crippen molar-refractivity contribution in [2.75, 3.05) is 43.0 Å². The van der Waals surface area contributed by atoms with Crippen LogP contribution in [0.4, 0.5) is 29.7 Å². The molecule has 0 fully saturated rings. The van der Waals surface area contributed by atoms with Crippen molar-refractivity contribution in [3.8, 4) is 0 Å². The van der Waals surface area contributed by atoms with Gasteiger partial charge >= 0.3 is 6.18 Å². The van der Waals surface area contributed by atoms with Crippen molar-refractivity contribution >= 4 is 40.5 Å². The van der Waals surface area contributed by atoms with Crippen molar-refractivity contribution in [1.29, 1.82) is 0 Å². The van der Waals surface area contributed by atoms with Crippen LogP contribution >= 0.6 is 11.3 Å². The van der Waals surface area contributed by atoms with Crippen molar-refractivity contribution in [2.24, 2.45) is 5.73 Å². The molecule has 0 bridgehead atoms. The van der Waals surface area contributed by atoms with Gasteiger partial charge in [-0.2, -0.15) is 13.2 Å². The number of nitrogen functional groups attached to an aromatic ring is 1. The lowest BCUT2D eigenvalue weighted by atomic mass is 10.0. The average Bonchev–Trinajstić information content (AvgIpc) is 3.35. The molecule has 6 N–H and O–H groups in total. The third kappa shape index (κ3) is 11.0. The number of rotatable bonds is 9. The van der Waals surface area contributed by atoms with E-state index in [4.69, 9.17) is 16.3 Å². The fourth-order valence-electron chi connectivity index (χ4n) is 3.42. The highest BCUT2D eigenvalue weighted by Crippen LogP contribution is 2.34. The summed E-state index contributed by atoms with van der Waals surface area (Å²) in [6.07, 6.45) is -1.96. The highest BCUT2D eigenvalue weighted by Gasteiger charge is 2.34. The van der Waals surface area contributed by atoms with Crippen LogP contribution in [-0.2, 0) is 17.5 Å². The van der Waals surface area contributed by atoms with Gasteiger partial charge in [0.2, 0.25) is 0 Å². The number of aryl methyl sites for hydroxylation is 2. The monoisotopic (exact) mass is 566 g/mol. The summed E-state index contributed by atoms with van der Waals surface area (Å²) in [5.41, 5.74) is 12.3. The first-order chi connectivity index (χ1) is 18.5. The second kappa shape index (κ2) is 16.5. The maximum absolute atomic E-state index is 13.6. The molecule has 0 aliphatic rings. The number of thiazole rings is 1. The zero-order valence-electron chi connectivity index (χ0n) is 22.7. The van der Waals surface area contributed by atoms with Crippen LogP contribution in [0.2, 0.25) is 0 Å². The van der Waals surface area contributed by atoms with Crippen molar-refractivity contribution < 1.29 is 22.8 Å². The van der Waals surface area contributed by atoms with Crippen LogP contribution in [0.15, 0.2) is 42.6 Å². The summed E-state index contributed by atoms with van der Waals surface area (Å²) in [5, 5.41) is 6.47. The Kier molecular flexibility index (Phi) is 14.2. The summed E-state index contributed by atoms with van der Waals surface area (Å²) >= 11 is 1.67. The highest BCUT2D eigenvalue weighted by molar-refractivity contribution is 7.15. The number of amides is 1. The Morgan fingerprint density at radius 2 is 1.85 bits per heavy atom. The lowest BCUT2D eigenvalue weighted by Crippen LogP contribution is -2.27. The summed E-state index contributed by atoms with van der Waals surface area (Å²) in [4.78, 5) is 27.6. The van der Waals surface area contributed by atoms with Gasteiger partial charge in [-0.1, -0.05) is 19.1 Å². The second-order valence-electron chi connectivity index (χ2n) is 8.43. The number of halogens is 3. The molecular weight excluding hydrogens is 529 g/mol. The number of anilines is 3. The smallest absolute Gasteiger partial charge is 0.398 e. The van der Waals surface area contributed by atoms with E-state index in [0.29, 0.717) is 31.7 Å². The molecule has 8 nitrogen and oxygen atoms in total. The molecule has 12 heteroatoms. The predicted molar refractivity (Wildman–Crippen MR) is 153 cm³/mol. The Morgan fingerprint density at radius 1 is 1.15 bits per heavy atom. The maximum Gasteiger partial charge on any atom is 0.416 e. The molecule has 3 aromatic rings. The first-order valence-corrected chi connectivity index (χ1v) is 13.0. The molecule has 1 amide bonds. The van der Waals surface area contributed by atoms with Crippen LogP contribution in [0.25, 0.3) is 0 Å². The zero-order valence-corrected chi connectivity index (χ0v) is 23.5. The molecule has 0 aliphatic heterocycles. The molecule has 1 aromatic heterocycles. The van der Waals surface area contributed by atoms with E-state index in [1.165, 1.54) is 23.1 Å². The van der Waals surface area contributed by atoms with Crippen LogP contribution in [-0.4, -0.2) is 49.3 Å². The number of carbonyl (C=O) groups is 2. The van der Waals surface area contributed by atoms with Gasteiger partial charge in [-0.15, -0.1) is 11.3 Å². The molecule has 0 radical (unpaired) electrons. The summed E-state index contributed by atoms with van der Waals surface area (Å²) in [7, 11) is 1.87. The SMILES string of the molecule is C=O.CCN(CCCN)Cc1ccc(NC(=O)c2ccc(C)c(N)c2)cc1C(F)(F)F.CNc1ncc(C)s1. The van der Waals surface area contributed by atoms with Gasteiger partial charge in [0.25, 0.3) is 5.91 Å². The Morgan fingerprint density at radius 3 is 2.33 bits per heavy atom. The van der Waals surface area contributed by atoms with Gasteiger partial charge in [-0.05, 0) is 75.3 Å². The number of hydrogen-bond donors (Lipinski definition) is 4. The normalized spacial score (nSPS) is 10.7. The van der Waals surface area contributed by atoms with Gasteiger partial charge in [-0.25, -0.2) is 4.98 Å². The first-order valence-electron chi connectivity index (χ1n) is 12.2. The molecular formula is C27H37F3N6O2S. The van der Waals surface area contributed by atoms with E-state index in [1.807, 2.05) is 38.8 Å². The van der Waals surface area contributed by atoms with Crippen molar-refractivity contribution in [3.05, 3.63) is 69.7 Å². The minimum absolute atomic E-state index is 0.0789. The quantitative estimate of drug-likeness (QED) is 0.258. The lowest BCUT2D eigenvalue weighted by Gasteiger charge is -2.23. The summed E-state index contributed by atoms with van der Waals surface area (Å²) in [6.45, 7) is 9.62. The molecule has 0 spiro atoms. The topological polar surface area (TPSA) is 126 Å². The van der Waals surface area contributed by atoms with E-state index < -0.39 is 17.6 Å². The van der Waals surface area contributed by atoms with E-state index in [2.05, 4.69) is 15.6 Å². The van der Waals surface area contributed by atoms with Crippen LogP contribution < -0.4 is 22.1 Å². The van der Waals surface area contributed by atoms with Gasteiger partial charge in [0.15, 0.2) is 5.13 Å². The van der Waals surface area contributed by atoms with Crippen LogP contribution in [0.5, 0.6) is 0 Å². The molecule has 2 aromatic carbocycles. The third-order valence-corrected chi connectivity index (χ3v) is 6.50. The number of benzene rings is 2. The Balaban J connectivity index is 0.000000641. The molecule has 0 unspecified atom stereocenters. The van der Waals surface area contributed by atoms with E-state index >= 15 is 0 Å². The first kappa shape index (κ1) is 33.5. The number of alkyl halides is 3. The standard InChI is InChI=1S/C21H27F3N4O.C5H8N2S.CH2O/c1-3-28(10-4-9-25)13-16-7-8-17(12-18(16)21(22,23)24)27-20(29)15-6-5-14(2)19(26)11-15;1-4-3-7-5(6-2)8-4;1-2/h5-8,11-12H,3-4,9-10,13,25-26H2,1-2H3,(H,27,29);3H,1-2H3,(H,6,7);1H2. The van der Waals surface area contributed by atoms with Gasteiger partial charge in [0.1, 0.15) is 6.79 Å². The van der Waals surface area contributed by atoms with Crippen molar-refractivity contribution in [1.82, 2.24) is 9.88 Å². The Hall–Kier alpha value is -3.48. The number of carbonyl (C=O) groups excluding carboxylic acids is 2. The van der Waals surface area contributed by atoms with Crippen LogP contribution in [0.3, 0.4) is 0 Å². The summed E-state index contributed by atoms with van der Waals surface area (Å²) < 4.78 is 40.9. The second-order valence-corrected chi connectivity index (χ2v) is 9.67. The zero-order chi connectivity index (χ0) is 29.6. The molecule has 214 valence electrons. The van der Waals surface area contributed by atoms with Gasteiger partial charge in [0.05, 0.1) is 5.56 Å². The van der Waals surface area contributed by atoms with E-state index in [0.717, 1.165) is 16.8 Å². The van der Waals surface area contributed by atoms with Crippen LogP contribution in [0.1, 0.15) is 45.3 Å². The summed E-state index contributed by atoms with van der Waals surface area (Å²) in [5.74, 6) is -0.518. The molecule has 0 atom stereocenters. The molecule has 0 aliphatic carbocycles. The Bertz CT molecular complexity index is 1190. The number of nitrogens with one attached hydrogen (secondary N) is 2. The largest absolute Gasteiger partial charge is 0.416 e. The molecule has 0 saturated carbocycles. The van der Waals surface area contributed by atoms with E-state index in [-0.39, 0.29) is 23.4 Å². The maximum atomic E-state index is 13.6. The fourth-order valence-corrected chi connectivity index (χ4v) is 4.03. The Labute approximate surface area is 231 Å². The number of hydrogen-bond acceptors (Lipinski definition) is 8. The molecule has 39 heavy (non-hydrogen) atoms. The molecule has 0 saturated heterocycles. The molecule has 3 rings (SSSR count). The minimum Gasteiger partial charge on any atom is -0.398 e. The number of nitrogens with two attached hydrogens (primary N) is 2. The highest BCUT2D eigenvalue weighted by atomic mass is 32.1. The average molecular weight is 567 g/mol. The van der Waals surface area contributed by atoms with Gasteiger partial charge < -0.3 is 26.9 Å². The predicted octanol–water partition coefficient (Wildman–Crippen LogP) is 5.33. The van der Waals surface area contributed by atoms with Crippen molar-refractivity contribution in [3.63, 3.8) is 0 Å². The van der Waals surface area contributed by atoms with Crippen LogP contribution in [0, 0.1) is 13.8 Å². The van der Waals surface area contributed by atoms with Gasteiger partial charge in [-0.3, -0.25) is 9.69 Å².